The second kappa shape index (κ2) is 6.55. The zero-order valence-corrected chi connectivity index (χ0v) is 12.3. The van der Waals surface area contributed by atoms with Crippen LogP contribution < -0.4 is 4.90 Å². The summed E-state index contributed by atoms with van der Waals surface area (Å²) < 4.78 is 0. The van der Waals surface area contributed by atoms with Gasteiger partial charge in [0.1, 0.15) is 5.78 Å². The number of carbonyl (C=O) groups is 2. The van der Waals surface area contributed by atoms with Crippen molar-refractivity contribution in [3.8, 4) is 0 Å². The minimum Gasteiger partial charge on any atom is -0.362 e. The third-order valence-electron chi connectivity index (χ3n) is 3.75. The lowest BCUT2D eigenvalue weighted by Gasteiger charge is -2.30. The molecule has 1 aliphatic heterocycles. The molecule has 20 heavy (non-hydrogen) atoms. The van der Waals surface area contributed by atoms with Crippen LogP contribution in [0.3, 0.4) is 0 Å². The molecule has 4 heteroatoms. The van der Waals surface area contributed by atoms with Gasteiger partial charge in [-0.15, -0.1) is 0 Å². The molecule has 0 spiro atoms. The Morgan fingerprint density at radius 3 is 2.60 bits per heavy atom. The predicted molar refractivity (Wildman–Crippen MR) is 79.9 cm³/mol. The SMILES string of the molecule is CCN(CC(=O)N1CCC(=O)CC1)c1cccc(C)c1. The quantitative estimate of drug-likeness (QED) is 0.843. The number of nitrogens with zero attached hydrogens (tertiary/aromatic N) is 2. The van der Waals surface area contributed by atoms with Gasteiger partial charge in [0.15, 0.2) is 0 Å². The fourth-order valence-corrected chi connectivity index (χ4v) is 2.48. The van der Waals surface area contributed by atoms with Crippen LogP contribution in [-0.4, -0.2) is 42.8 Å². The number of benzene rings is 1. The lowest BCUT2D eigenvalue weighted by atomic mass is 10.1. The molecule has 1 fully saturated rings. The van der Waals surface area contributed by atoms with Crippen LogP contribution in [-0.2, 0) is 9.59 Å². The monoisotopic (exact) mass is 274 g/mol. The van der Waals surface area contributed by atoms with Crippen molar-refractivity contribution >= 4 is 17.4 Å². The highest BCUT2D eigenvalue weighted by atomic mass is 16.2. The Bertz CT molecular complexity index is 489. The minimum atomic E-state index is 0.112. The van der Waals surface area contributed by atoms with Gasteiger partial charge in [-0.1, -0.05) is 12.1 Å². The van der Waals surface area contributed by atoms with Crippen LogP contribution in [0, 0.1) is 6.92 Å². The third-order valence-corrected chi connectivity index (χ3v) is 3.75. The van der Waals surface area contributed by atoms with Gasteiger partial charge in [0.2, 0.25) is 5.91 Å². The van der Waals surface area contributed by atoms with Crippen molar-refractivity contribution in [3.05, 3.63) is 29.8 Å². The van der Waals surface area contributed by atoms with Gasteiger partial charge in [-0.2, -0.15) is 0 Å². The number of anilines is 1. The normalized spacial score (nSPS) is 15.3. The molecule has 0 aromatic heterocycles. The zero-order valence-electron chi connectivity index (χ0n) is 12.3. The van der Waals surface area contributed by atoms with E-state index in [9.17, 15) is 9.59 Å². The van der Waals surface area contributed by atoms with Crippen molar-refractivity contribution in [1.82, 2.24) is 4.90 Å². The Balaban J connectivity index is 1.99. The molecule has 1 aromatic rings. The van der Waals surface area contributed by atoms with E-state index in [-0.39, 0.29) is 11.7 Å². The highest BCUT2D eigenvalue weighted by Gasteiger charge is 2.22. The molecule has 0 unspecified atom stereocenters. The smallest absolute Gasteiger partial charge is 0.242 e. The Labute approximate surface area is 120 Å². The number of rotatable bonds is 4. The number of likely N-dealkylation sites (tertiary alicyclic amines) is 1. The summed E-state index contributed by atoms with van der Waals surface area (Å²) in [5, 5.41) is 0. The average Bonchev–Trinajstić information content (AvgIpc) is 2.45. The van der Waals surface area contributed by atoms with E-state index in [2.05, 4.69) is 30.9 Å². The van der Waals surface area contributed by atoms with Gasteiger partial charge in [-0.25, -0.2) is 0 Å². The number of piperidine rings is 1. The predicted octanol–water partition coefficient (Wildman–Crippen LogP) is 2.01. The molecule has 0 atom stereocenters. The van der Waals surface area contributed by atoms with Crippen molar-refractivity contribution < 1.29 is 9.59 Å². The first-order chi connectivity index (χ1) is 9.60. The molecule has 1 amide bonds. The molecule has 0 radical (unpaired) electrons. The summed E-state index contributed by atoms with van der Waals surface area (Å²) in [6.07, 6.45) is 1.00. The van der Waals surface area contributed by atoms with E-state index < -0.39 is 0 Å². The van der Waals surface area contributed by atoms with Crippen molar-refractivity contribution in [2.75, 3.05) is 31.1 Å². The zero-order chi connectivity index (χ0) is 14.5. The first-order valence-electron chi connectivity index (χ1n) is 7.21. The number of carbonyl (C=O) groups excluding carboxylic acids is 2. The lowest BCUT2D eigenvalue weighted by molar-refractivity contribution is -0.133. The fraction of sp³-hybridized carbons (Fsp3) is 0.500. The van der Waals surface area contributed by atoms with Gasteiger partial charge in [-0.3, -0.25) is 9.59 Å². The van der Waals surface area contributed by atoms with Crippen LogP contribution in [0.1, 0.15) is 25.3 Å². The topological polar surface area (TPSA) is 40.6 Å². The third kappa shape index (κ3) is 3.59. The van der Waals surface area contributed by atoms with E-state index in [0.717, 1.165) is 12.2 Å². The molecule has 1 saturated heterocycles. The number of likely N-dealkylation sites (N-methyl/N-ethyl adjacent to an activating group) is 1. The maximum atomic E-state index is 12.3. The molecule has 4 nitrogen and oxygen atoms in total. The minimum absolute atomic E-state index is 0.112. The Hall–Kier alpha value is -1.84. The number of aryl methyl sites for hydroxylation is 1. The molecule has 108 valence electrons. The van der Waals surface area contributed by atoms with Crippen LogP contribution in [0.5, 0.6) is 0 Å². The van der Waals surface area contributed by atoms with Gasteiger partial charge < -0.3 is 9.80 Å². The first kappa shape index (κ1) is 14.6. The number of ketones is 1. The van der Waals surface area contributed by atoms with Crippen molar-refractivity contribution in [3.63, 3.8) is 0 Å². The molecule has 1 aromatic carbocycles. The second-order valence-electron chi connectivity index (χ2n) is 5.27. The molecule has 0 bridgehead atoms. The Kier molecular flexibility index (Phi) is 4.77. The number of Topliss-reactive ketones (excluding diaryl/α,β-unsaturated/α-hetero) is 1. The van der Waals surface area contributed by atoms with E-state index in [4.69, 9.17) is 0 Å². The highest BCUT2D eigenvalue weighted by Crippen LogP contribution is 2.16. The summed E-state index contributed by atoms with van der Waals surface area (Å²) in [6.45, 7) is 6.42. The van der Waals surface area contributed by atoms with E-state index in [0.29, 0.717) is 32.5 Å². The first-order valence-corrected chi connectivity index (χ1v) is 7.21. The molecule has 0 aliphatic carbocycles. The largest absolute Gasteiger partial charge is 0.362 e. The van der Waals surface area contributed by atoms with Crippen LogP contribution in [0.15, 0.2) is 24.3 Å². The summed E-state index contributed by atoms with van der Waals surface area (Å²) >= 11 is 0. The van der Waals surface area contributed by atoms with Gasteiger partial charge in [0.05, 0.1) is 6.54 Å². The fourth-order valence-electron chi connectivity index (χ4n) is 2.48. The maximum Gasteiger partial charge on any atom is 0.242 e. The molecule has 0 saturated carbocycles. The van der Waals surface area contributed by atoms with Crippen LogP contribution in [0.25, 0.3) is 0 Å². The summed E-state index contributed by atoms with van der Waals surface area (Å²) in [5.74, 6) is 0.376. The molecular formula is C16H22N2O2. The molecule has 0 N–H and O–H groups in total. The average molecular weight is 274 g/mol. The van der Waals surface area contributed by atoms with Gasteiger partial charge in [0.25, 0.3) is 0 Å². The second-order valence-corrected chi connectivity index (χ2v) is 5.27. The van der Waals surface area contributed by atoms with Gasteiger partial charge in [-0.05, 0) is 31.5 Å². The molecular weight excluding hydrogens is 252 g/mol. The van der Waals surface area contributed by atoms with E-state index in [1.165, 1.54) is 5.56 Å². The van der Waals surface area contributed by atoms with Crippen molar-refractivity contribution in [2.45, 2.75) is 26.7 Å². The summed E-state index contributed by atoms with van der Waals surface area (Å²) in [5.41, 5.74) is 2.27. The summed E-state index contributed by atoms with van der Waals surface area (Å²) in [4.78, 5) is 27.4. The van der Waals surface area contributed by atoms with Gasteiger partial charge in [0, 0.05) is 38.2 Å². The number of amides is 1. The standard InChI is InChI=1S/C16H22N2O2/c1-3-17(14-6-4-5-13(2)11-14)12-16(20)18-9-7-15(19)8-10-18/h4-6,11H,3,7-10,12H2,1-2H3. The highest BCUT2D eigenvalue weighted by molar-refractivity contribution is 5.85. The van der Waals surface area contributed by atoms with Gasteiger partial charge >= 0.3 is 0 Å². The molecule has 1 heterocycles. The number of hydrogen-bond donors (Lipinski definition) is 0. The van der Waals surface area contributed by atoms with E-state index >= 15 is 0 Å². The number of hydrogen-bond acceptors (Lipinski definition) is 3. The summed E-state index contributed by atoms with van der Waals surface area (Å²) in [7, 11) is 0. The lowest BCUT2D eigenvalue weighted by Crippen LogP contribution is -2.44. The Morgan fingerprint density at radius 2 is 2.00 bits per heavy atom. The van der Waals surface area contributed by atoms with E-state index in [1.807, 2.05) is 12.1 Å². The maximum absolute atomic E-state index is 12.3. The van der Waals surface area contributed by atoms with Crippen LogP contribution >= 0.6 is 0 Å². The summed E-state index contributed by atoms with van der Waals surface area (Å²) in [6, 6.07) is 8.19. The van der Waals surface area contributed by atoms with E-state index in [1.54, 1.807) is 4.90 Å². The van der Waals surface area contributed by atoms with Crippen molar-refractivity contribution in [2.24, 2.45) is 0 Å². The Morgan fingerprint density at radius 1 is 1.30 bits per heavy atom. The van der Waals surface area contributed by atoms with Crippen LogP contribution in [0.4, 0.5) is 5.69 Å². The van der Waals surface area contributed by atoms with Crippen LogP contribution in [0.2, 0.25) is 0 Å². The van der Waals surface area contributed by atoms with Crippen molar-refractivity contribution in [1.29, 1.82) is 0 Å². The molecule has 2 rings (SSSR count). The molecule has 1 aliphatic rings.